The van der Waals surface area contributed by atoms with Crippen LogP contribution in [0.1, 0.15) is 38.3 Å². The van der Waals surface area contributed by atoms with Gasteiger partial charge in [0.05, 0.1) is 0 Å². The van der Waals surface area contributed by atoms with Crippen LogP contribution in [0.25, 0.3) is 0 Å². The van der Waals surface area contributed by atoms with Crippen LogP contribution in [-0.4, -0.2) is 18.0 Å². The van der Waals surface area contributed by atoms with Crippen LogP contribution in [0.2, 0.25) is 0 Å². The van der Waals surface area contributed by atoms with Crippen LogP contribution in [0.15, 0.2) is 18.2 Å². The zero-order chi connectivity index (χ0) is 13.7. The number of halogens is 1. The molecule has 2 N–H and O–H groups in total. The Labute approximate surface area is 110 Å². The molecule has 0 heterocycles. The highest BCUT2D eigenvalue weighted by atomic mass is 19.1. The molecule has 0 aliphatic carbocycles. The summed E-state index contributed by atoms with van der Waals surface area (Å²) >= 11 is 0. The second-order valence-corrected chi connectivity index (χ2v) is 5.51. The summed E-state index contributed by atoms with van der Waals surface area (Å²) in [6.07, 6.45) is 1.16. The van der Waals surface area contributed by atoms with E-state index in [1.807, 2.05) is 6.07 Å². The van der Waals surface area contributed by atoms with Gasteiger partial charge in [0.25, 0.3) is 0 Å². The number of hydrogen-bond acceptors (Lipinski definition) is 2. The molecular weight excluding hydrogens is 227 g/mol. The van der Waals surface area contributed by atoms with E-state index in [1.54, 1.807) is 0 Å². The molecule has 102 valence electrons. The van der Waals surface area contributed by atoms with Gasteiger partial charge in [-0.05, 0) is 49.6 Å². The zero-order valence-corrected chi connectivity index (χ0v) is 11.9. The standard InChI is InChI=1S/C15H25FN2/c1-11(2)7-12(3)18(4)10-13-5-6-15(16)8-14(13)9-17/h5-6,8,11-12H,7,9-10,17H2,1-4H3. The van der Waals surface area contributed by atoms with E-state index in [-0.39, 0.29) is 5.82 Å². The minimum absolute atomic E-state index is 0.211. The molecule has 1 rings (SSSR count). The molecule has 1 aromatic carbocycles. The number of rotatable bonds is 6. The first-order chi connectivity index (χ1) is 8.43. The van der Waals surface area contributed by atoms with Crippen molar-refractivity contribution in [2.45, 2.75) is 46.3 Å². The minimum Gasteiger partial charge on any atom is -0.326 e. The van der Waals surface area contributed by atoms with Crippen LogP contribution in [0, 0.1) is 11.7 Å². The highest BCUT2D eigenvalue weighted by molar-refractivity contribution is 5.27. The lowest BCUT2D eigenvalue weighted by Crippen LogP contribution is -2.30. The summed E-state index contributed by atoms with van der Waals surface area (Å²) < 4.78 is 13.1. The fourth-order valence-corrected chi connectivity index (χ4v) is 2.23. The Hall–Kier alpha value is -0.930. The summed E-state index contributed by atoms with van der Waals surface area (Å²) in [6.45, 7) is 7.90. The molecule has 18 heavy (non-hydrogen) atoms. The predicted octanol–water partition coefficient (Wildman–Crippen LogP) is 3.15. The summed E-state index contributed by atoms with van der Waals surface area (Å²) in [5.41, 5.74) is 7.69. The van der Waals surface area contributed by atoms with Crippen molar-refractivity contribution >= 4 is 0 Å². The Kier molecular flexibility index (Phi) is 5.76. The van der Waals surface area contributed by atoms with Crippen molar-refractivity contribution in [1.29, 1.82) is 0 Å². The fraction of sp³-hybridized carbons (Fsp3) is 0.600. The molecule has 0 aliphatic heterocycles. The van der Waals surface area contributed by atoms with Crippen molar-refractivity contribution in [3.05, 3.63) is 35.1 Å². The van der Waals surface area contributed by atoms with Gasteiger partial charge >= 0.3 is 0 Å². The van der Waals surface area contributed by atoms with E-state index in [2.05, 4.69) is 32.7 Å². The zero-order valence-electron chi connectivity index (χ0n) is 11.9. The molecule has 0 aliphatic rings. The lowest BCUT2D eigenvalue weighted by Gasteiger charge is -2.27. The smallest absolute Gasteiger partial charge is 0.123 e. The second-order valence-electron chi connectivity index (χ2n) is 5.51. The first-order valence-electron chi connectivity index (χ1n) is 6.61. The van der Waals surface area contributed by atoms with Crippen LogP contribution < -0.4 is 5.73 Å². The summed E-state index contributed by atoms with van der Waals surface area (Å²) in [5.74, 6) is 0.474. The molecule has 2 nitrogen and oxygen atoms in total. The third-order valence-corrected chi connectivity index (χ3v) is 3.37. The topological polar surface area (TPSA) is 29.3 Å². The third-order valence-electron chi connectivity index (χ3n) is 3.37. The average Bonchev–Trinajstić information content (AvgIpc) is 2.30. The summed E-state index contributed by atoms with van der Waals surface area (Å²) in [4.78, 5) is 2.30. The maximum Gasteiger partial charge on any atom is 0.123 e. The van der Waals surface area contributed by atoms with Gasteiger partial charge in [0.2, 0.25) is 0 Å². The third kappa shape index (κ3) is 4.39. The monoisotopic (exact) mass is 252 g/mol. The van der Waals surface area contributed by atoms with Crippen molar-refractivity contribution in [1.82, 2.24) is 4.90 Å². The Morgan fingerprint density at radius 1 is 1.22 bits per heavy atom. The van der Waals surface area contributed by atoms with Crippen LogP contribution >= 0.6 is 0 Å². The molecule has 1 aromatic rings. The molecule has 1 atom stereocenters. The first-order valence-corrected chi connectivity index (χ1v) is 6.61. The number of hydrogen-bond donors (Lipinski definition) is 1. The van der Waals surface area contributed by atoms with E-state index in [0.29, 0.717) is 18.5 Å². The Bertz CT molecular complexity index is 377. The van der Waals surface area contributed by atoms with Gasteiger partial charge in [-0.1, -0.05) is 19.9 Å². The van der Waals surface area contributed by atoms with Gasteiger partial charge in [0.15, 0.2) is 0 Å². The lowest BCUT2D eigenvalue weighted by molar-refractivity contribution is 0.220. The summed E-state index contributed by atoms with van der Waals surface area (Å²) in [6, 6.07) is 5.41. The van der Waals surface area contributed by atoms with Gasteiger partial charge in [-0.3, -0.25) is 4.90 Å². The molecule has 0 aromatic heterocycles. The Morgan fingerprint density at radius 2 is 1.89 bits per heavy atom. The van der Waals surface area contributed by atoms with Crippen molar-refractivity contribution < 1.29 is 4.39 Å². The van der Waals surface area contributed by atoms with Gasteiger partial charge in [0, 0.05) is 19.1 Å². The van der Waals surface area contributed by atoms with E-state index in [0.717, 1.165) is 24.1 Å². The minimum atomic E-state index is -0.211. The highest BCUT2D eigenvalue weighted by Crippen LogP contribution is 2.16. The molecule has 0 bridgehead atoms. The van der Waals surface area contributed by atoms with E-state index < -0.39 is 0 Å². The van der Waals surface area contributed by atoms with Crippen LogP contribution in [-0.2, 0) is 13.1 Å². The van der Waals surface area contributed by atoms with Gasteiger partial charge < -0.3 is 5.73 Å². The van der Waals surface area contributed by atoms with Crippen LogP contribution in [0.4, 0.5) is 4.39 Å². The first kappa shape index (κ1) is 15.1. The van der Waals surface area contributed by atoms with E-state index in [1.165, 1.54) is 12.1 Å². The average molecular weight is 252 g/mol. The summed E-state index contributed by atoms with van der Waals surface area (Å²) in [5, 5.41) is 0. The van der Waals surface area contributed by atoms with Crippen molar-refractivity contribution in [3.63, 3.8) is 0 Å². The molecule has 3 heteroatoms. The Balaban J connectivity index is 2.72. The lowest BCUT2D eigenvalue weighted by atomic mass is 10.0. The van der Waals surface area contributed by atoms with Crippen LogP contribution in [0.5, 0.6) is 0 Å². The normalized spacial score (nSPS) is 13.3. The molecular formula is C15H25FN2. The fourth-order valence-electron chi connectivity index (χ4n) is 2.23. The molecule has 0 radical (unpaired) electrons. The molecule has 0 fully saturated rings. The maximum absolute atomic E-state index is 13.1. The number of benzene rings is 1. The van der Waals surface area contributed by atoms with E-state index in [4.69, 9.17) is 5.73 Å². The quantitative estimate of drug-likeness (QED) is 0.842. The largest absolute Gasteiger partial charge is 0.326 e. The number of nitrogens with two attached hydrogens (primary N) is 1. The van der Waals surface area contributed by atoms with Gasteiger partial charge in [-0.15, -0.1) is 0 Å². The second kappa shape index (κ2) is 6.86. The van der Waals surface area contributed by atoms with Crippen LogP contribution in [0.3, 0.4) is 0 Å². The van der Waals surface area contributed by atoms with Gasteiger partial charge in [0.1, 0.15) is 5.82 Å². The van der Waals surface area contributed by atoms with Crippen molar-refractivity contribution in [2.75, 3.05) is 7.05 Å². The molecule has 1 unspecified atom stereocenters. The maximum atomic E-state index is 13.1. The molecule has 0 saturated heterocycles. The van der Waals surface area contributed by atoms with Gasteiger partial charge in [-0.25, -0.2) is 4.39 Å². The van der Waals surface area contributed by atoms with E-state index in [9.17, 15) is 4.39 Å². The Morgan fingerprint density at radius 3 is 2.44 bits per heavy atom. The van der Waals surface area contributed by atoms with Gasteiger partial charge in [-0.2, -0.15) is 0 Å². The van der Waals surface area contributed by atoms with Crippen molar-refractivity contribution in [3.8, 4) is 0 Å². The molecule has 0 saturated carbocycles. The molecule has 0 amide bonds. The number of nitrogens with zero attached hydrogens (tertiary/aromatic N) is 1. The SMILES string of the molecule is CC(C)CC(C)N(C)Cc1ccc(F)cc1CN. The van der Waals surface area contributed by atoms with E-state index >= 15 is 0 Å². The summed E-state index contributed by atoms with van der Waals surface area (Å²) in [7, 11) is 2.11. The highest BCUT2D eigenvalue weighted by Gasteiger charge is 2.13. The molecule has 0 spiro atoms. The predicted molar refractivity (Wildman–Crippen MR) is 74.7 cm³/mol. The van der Waals surface area contributed by atoms with Crippen molar-refractivity contribution in [2.24, 2.45) is 11.7 Å².